The Morgan fingerprint density at radius 2 is 2.13 bits per heavy atom. The molecule has 2 aliphatic rings. The number of anilines is 1. The lowest BCUT2D eigenvalue weighted by atomic mass is 9.85. The minimum absolute atomic E-state index is 0.0567. The van der Waals surface area contributed by atoms with E-state index in [4.69, 9.17) is 5.26 Å². The molecule has 0 spiro atoms. The van der Waals surface area contributed by atoms with Crippen molar-refractivity contribution in [3.63, 3.8) is 0 Å². The number of likely N-dealkylation sites (tertiary alicyclic amines) is 1. The minimum atomic E-state index is 0.0567. The maximum atomic E-state index is 12.4. The van der Waals surface area contributed by atoms with Crippen LogP contribution in [0.1, 0.15) is 32.1 Å². The second-order valence-electron chi connectivity index (χ2n) is 6.36. The Labute approximate surface area is 142 Å². The predicted octanol–water partition coefficient (Wildman–Crippen LogP) is 3.51. The van der Waals surface area contributed by atoms with Crippen LogP contribution in [0, 0.1) is 17.2 Å². The van der Waals surface area contributed by atoms with Gasteiger partial charge in [0.05, 0.1) is 24.1 Å². The Hall–Kier alpha value is -1.51. The molecule has 1 N–H and O–H groups in total. The number of thioether (sulfide) groups is 1. The number of benzene rings is 1. The standard InChI is InChI=1S/C18H23N3OS/c19-10-12-23-17-8-4-2-6-15(17)20-18(22)13-21-11-9-14-5-1-3-7-16(14)21/h2,4,6,8,14,16H,1,3,5,7,9,11-13H2,(H,20,22)/t14-,16-/m1/s1. The molecule has 4 nitrogen and oxygen atoms in total. The lowest BCUT2D eigenvalue weighted by molar-refractivity contribution is -0.117. The molecule has 3 rings (SSSR count). The number of rotatable bonds is 5. The van der Waals surface area contributed by atoms with Gasteiger partial charge in [-0.05, 0) is 43.9 Å². The molecular weight excluding hydrogens is 306 g/mol. The molecule has 0 unspecified atom stereocenters. The maximum Gasteiger partial charge on any atom is 0.238 e. The summed E-state index contributed by atoms with van der Waals surface area (Å²) in [5.41, 5.74) is 0.817. The second-order valence-corrected chi connectivity index (χ2v) is 7.38. The zero-order valence-electron chi connectivity index (χ0n) is 13.3. The topological polar surface area (TPSA) is 56.1 Å². The van der Waals surface area contributed by atoms with E-state index in [2.05, 4.69) is 16.3 Å². The molecule has 1 saturated heterocycles. The molecule has 1 amide bonds. The van der Waals surface area contributed by atoms with Gasteiger partial charge in [0, 0.05) is 10.9 Å². The first-order valence-electron chi connectivity index (χ1n) is 8.40. The number of hydrogen-bond acceptors (Lipinski definition) is 4. The molecule has 1 aromatic carbocycles. The van der Waals surface area contributed by atoms with Crippen molar-refractivity contribution < 1.29 is 4.79 Å². The van der Waals surface area contributed by atoms with E-state index in [0.717, 1.165) is 23.0 Å². The summed E-state index contributed by atoms with van der Waals surface area (Å²) >= 11 is 1.46. The van der Waals surface area contributed by atoms with Gasteiger partial charge < -0.3 is 5.32 Å². The van der Waals surface area contributed by atoms with Crippen LogP contribution in [0.15, 0.2) is 29.2 Å². The van der Waals surface area contributed by atoms with E-state index in [0.29, 0.717) is 18.3 Å². The number of carbonyl (C=O) groups is 1. The smallest absolute Gasteiger partial charge is 0.238 e. The Kier molecular flexibility index (Phi) is 5.58. The zero-order chi connectivity index (χ0) is 16.1. The molecule has 2 atom stereocenters. The summed E-state index contributed by atoms with van der Waals surface area (Å²) in [6.07, 6.45) is 6.47. The molecule has 23 heavy (non-hydrogen) atoms. The summed E-state index contributed by atoms with van der Waals surface area (Å²) in [5.74, 6) is 1.25. The lowest BCUT2D eigenvalue weighted by Crippen LogP contribution is -2.39. The van der Waals surface area contributed by atoms with E-state index in [1.54, 1.807) is 0 Å². The van der Waals surface area contributed by atoms with Gasteiger partial charge in [-0.2, -0.15) is 5.26 Å². The number of nitrogens with zero attached hydrogens (tertiary/aromatic N) is 2. The SMILES string of the molecule is N#CCSc1ccccc1NC(=O)CN1CC[C@H]2CCCC[C@H]21. The van der Waals surface area contributed by atoms with Crippen LogP contribution in [0.2, 0.25) is 0 Å². The van der Waals surface area contributed by atoms with Gasteiger partial charge in [-0.3, -0.25) is 9.69 Å². The maximum absolute atomic E-state index is 12.4. The van der Waals surface area contributed by atoms with Crippen molar-refractivity contribution in [3.8, 4) is 6.07 Å². The summed E-state index contributed by atoms with van der Waals surface area (Å²) in [4.78, 5) is 15.8. The van der Waals surface area contributed by atoms with E-state index >= 15 is 0 Å². The molecule has 0 aromatic heterocycles. The first-order chi connectivity index (χ1) is 11.3. The average Bonchev–Trinajstić information content (AvgIpc) is 2.97. The molecule has 5 heteroatoms. The number of fused-ring (bicyclic) bond motifs is 1. The summed E-state index contributed by atoms with van der Waals surface area (Å²) in [6.45, 7) is 1.53. The van der Waals surface area contributed by atoms with E-state index in [1.807, 2.05) is 24.3 Å². The second kappa shape index (κ2) is 7.85. The van der Waals surface area contributed by atoms with Crippen molar-refractivity contribution in [2.24, 2.45) is 5.92 Å². The predicted molar refractivity (Wildman–Crippen MR) is 93.3 cm³/mol. The van der Waals surface area contributed by atoms with Gasteiger partial charge in [-0.1, -0.05) is 25.0 Å². The van der Waals surface area contributed by atoms with Crippen molar-refractivity contribution in [1.29, 1.82) is 5.26 Å². The number of amides is 1. The molecule has 1 aliphatic carbocycles. The van der Waals surface area contributed by atoms with Gasteiger partial charge in [0.2, 0.25) is 5.91 Å². The van der Waals surface area contributed by atoms with Crippen LogP contribution in [-0.4, -0.2) is 35.7 Å². The fourth-order valence-electron chi connectivity index (χ4n) is 3.88. The van der Waals surface area contributed by atoms with Gasteiger partial charge in [0.15, 0.2) is 0 Å². The molecule has 122 valence electrons. The van der Waals surface area contributed by atoms with Crippen LogP contribution in [0.4, 0.5) is 5.69 Å². The van der Waals surface area contributed by atoms with E-state index < -0.39 is 0 Å². The molecule has 0 radical (unpaired) electrons. The summed E-state index contributed by atoms with van der Waals surface area (Å²) in [5, 5.41) is 11.8. The van der Waals surface area contributed by atoms with Crippen LogP contribution in [-0.2, 0) is 4.79 Å². The normalized spacial score (nSPS) is 24.0. The van der Waals surface area contributed by atoms with Crippen LogP contribution in [0.25, 0.3) is 0 Å². The van der Waals surface area contributed by atoms with Crippen LogP contribution in [0.3, 0.4) is 0 Å². The highest BCUT2D eigenvalue weighted by Gasteiger charge is 2.36. The minimum Gasteiger partial charge on any atom is -0.324 e. The van der Waals surface area contributed by atoms with Crippen LogP contribution < -0.4 is 5.32 Å². The van der Waals surface area contributed by atoms with Gasteiger partial charge >= 0.3 is 0 Å². The Morgan fingerprint density at radius 3 is 3.00 bits per heavy atom. The molecule has 1 aliphatic heterocycles. The number of nitrogens with one attached hydrogen (secondary N) is 1. The lowest BCUT2D eigenvalue weighted by Gasteiger charge is -2.31. The van der Waals surface area contributed by atoms with Crippen molar-refractivity contribution >= 4 is 23.4 Å². The number of para-hydroxylation sites is 1. The largest absolute Gasteiger partial charge is 0.324 e. The molecule has 1 saturated carbocycles. The summed E-state index contributed by atoms with van der Waals surface area (Å²) in [6, 6.07) is 10.4. The monoisotopic (exact) mass is 329 g/mol. The number of carbonyl (C=O) groups excluding carboxylic acids is 1. The Morgan fingerprint density at radius 1 is 1.30 bits per heavy atom. The molecule has 1 aromatic rings. The molecule has 1 heterocycles. The Bertz CT molecular complexity index is 598. The van der Waals surface area contributed by atoms with Gasteiger partial charge in [-0.15, -0.1) is 11.8 Å². The molecule has 2 fully saturated rings. The highest BCUT2D eigenvalue weighted by atomic mass is 32.2. The third-order valence-electron chi connectivity index (χ3n) is 4.93. The van der Waals surface area contributed by atoms with Gasteiger partial charge in [0.25, 0.3) is 0 Å². The quantitative estimate of drug-likeness (QED) is 0.840. The zero-order valence-corrected chi connectivity index (χ0v) is 14.1. The average molecular weight is 329 g/mol. The molecule has 0 bridgehead atoms. The van der Waals surface area contributed by atoms with Crippen molar-refractivity contribution in [2.75, 3.05) is 24.2 Å². The first-order valence-corrected chi connectivity index (χ1v) is 9.39. The molecular formula is C18H23N3OS. The Balaban J connectivity index is 1.58. The van der Waals surface area contributed by atoms with Crippen molar-refractivity contribution in [3.05, 3.63) is 24.3 Å². The summed E-state index contributed by atoms with van der Waals surface area (Å²) < 4.78 is 0. The fourth-order valence-corrected chi connectivity index (χ4v) is 4.55. The van der Waals surface area contributed by atoms with Gasteiger partial charge in [0.1, 0.15) is 0 Å². The highest BCUT2D eigenvalue weighted by molar-refractivity contribution is 7.99. The van der Waals surface area contributed by atoms with Gasteiger partial charge in [-0.25, -0.2) is 0 Å². The number of nitriles is 1. The van der Waals surface area contributed by atoms with Crippen molar-refractivity contribution in [1.82, 2.24) is 4.90 Å². The van der Waals surface area contributed by atoms with Crippen LogP contribution in [0.5, 0.6) is 0 Å². The van der Waals surface area contributed by atoms with E-state index in [-0.39, 0.29) is 5.91 Å². The van der Waals surface area contributed by atoms with Crippen molar-refractivity contribution in [2.45, 2.75) is 43.0 Å². The fraction of sp³-hybridized carbons (Fsp3) is 0.556. The summed E-state index contributed by atoms with van der Waals surface area (Å²) in [7, 11) is 0. The number of hydrogen-bond donors (Lipinski definition) is 1. The van der Waals surface area contributed by atoms with E-state index in [9.17, 15) is 4.79 Å². The van der Waals surface area contributed by atoms with E-state index in [1.165, 1.54) is 43.9 Å². The third kappa shape index (κ3) is 4.07. The third-order valence-corrected chi connectivity index (χ3v) is 5.87. The first kappa shape index (κ1) is 16.4. The highest BCUT2D eigenvalue weighted by Crippen LogP contribution is 2.36. The van der Waals surface area contributed by atoms with Crippen LogP contribution >= 0.6 is 11.8 Å².